The SMILES string of the molecule is c1ccc2c(c1)CC1OC3CCC21O3. The van der Waals surface area contributed by atoms with Crippen LogP contribution in [0.3, 0.4) is 0 Å². The van der Waals surface area contributed by atoms with Gasteiger partial charge in [0.25, 0.3) is 0 Å². The molecule has 2 heteroatoms. The van der Waals surface area contributed by atoms with Crippen LogP contribution in [-0.2, 0) is 21.5 Å². The van der Waals surface area contributed by atoms with Crippen LogP contribution in [0.1, 0.15) is 24.0 Å². The number of hydrogen-bond acceptors (Lipinski definition) is 2. The third-order valence-electron chi connectivity index (χ3n) is 3.81. The lowest BCUT2D eigenvalue weighted by molar-refractivity contribution is -0.0534. The maximum absolute atomic E-state index is 5.99. The van der Waals surface area contributed by atoms with Gasteiger partial charge in [0.2, 0.25) is 0 Å². The van der Waals surface area contributed by atoms with E-state index in [4.69, 9.17) is 9.47 Å². The molecular formula is C12H12O2. The van der Waals surface area contributed by atoms with Crippen molar-refractivity contribution in [3.8, 4) is 0 Å². The second-order valence-electron chi connectivity index (χ2n) is 4.46. The summed E-state index contributed by atoms with van der Waals surface area (Å²) in [5.74, 6) is 0. The Balaban J connectivity index is 1.95. The van der Waals surface area contributed by atoms with Crippen LogP contribution < -0.4 is 0 Å². The second-order valence-corrected chi connectivity index (χ2v) is 4.46. The number of fused-ring (bicyclic) bond motifs is 2. The maximum atomic E-state index is 5.99. The molecule has 2 bridgehead atoms. The molecule has 3 atom stereocenters. The van der Waals surface area contributed by atoms with Crippen LogP contribution in [0.4, 0.5) is 0 Å². The summed E-state index contributed by atoms with van der Waals surface area (Å²) in [6, 6.07) is 8.60. The van der Waals surface area contributed by atoms with Gasteiger partial charge in [-0.2, -0.15) is 0 Å². The van der Waals surface area contributed by atoms with Gasteiger partial charge >= 0.3 is 0 Å². The molecule has 2 nitrogen and oxygen atoms in total. The van der Waals surface area contributed by atoms with Crippen LogP contribution in [0.2, 0.25) is 0 Å². The smallest absolute Gasteiger partial charge is 0.159 e. The van der Waals surface area contributed by atoms with E-state index in [-0.39, 0.29) is 11.9 Å². The molecule has 2 heterocycles. The van der Waals surface area contributed by atoms with Crippen LogP contribution in [0.5, 0.6) is 0 Å². The fraction of sp³-hybridized carbons (Fsp3) is 0.500. The normalized spacial score (nSPS) is 42.6. The van der Waals surface area contributed by atoms with Crippen LogP contribution in [-0.4, -0.2) is 12.4 Å². The summed E-state index contributed by atoms with van der Waals surface area (Å²) < 4.78 is 11.8. The van der Waals surface area contributed by atoms with Gasteiger partial charge in [0, 0.05) is 12.8 Å². The molecule has 1 aliphatic carbocycles. The Morgan fingerprint density at radius 3 is 3.14 bits per heavy atom. The van der Waals surface area contributed by atoms with E-state index in [1.165, 1.54) is 11.1 Å². The van der Waals surface area contributed by atoms with Crippen molar-refractivity contribution in [1.29, 1.82) is 0 Å². The first-order chi connectivity index (χ1) is 6.88. The fourth-order valence-corrected chi connectivity index (χ4v) is 3.21. The van der Waals surface area contributed by atoms with Crippen molar-refractivity contribution >= 4 is 0 Å². The average Bonchev–Trinajstić information content (AvgIpc) is 2.83. The molecule has 72 valence electrons. The standard InChI is InChI=1S/C12H12O2/c1-2-4-9-8(3-1)7-10-12(9)6-5-11(13-10)14-12/h1-4,10-11H,5-7H2. The Hall–Kier alpha value is -0.860. The van der Waals surface area contributed by atoms with Crippen molar-refractivity contribution in [2.24, 2.45) is 0 Å². The van der Waals surface area contributed by atoms with E-state index >= 15 is 0 Å². The van der Waals surface area contributed by atoms with Crippen LogP contribution in [0.25, 0.3) is 0 Å². The van der Waals surface area contributed by atoms with E-state index < -0.39 is 0 Å². The molecule has 3 unspecified atom stereocenters. The molecule has 2 fully saturated rings. The van der Waals surface area contributed by atoms with Gasteiger partial charge in [-0.1, -0.05) is 24.3 Å². The first kappa shape index (κ1) is 7.43. The monoisotopic (exact) mass is 188 g/mol. The maximum Gasteiger partial charge on any atom is 0.159 e. The molecule has 1 aromatic rings. The molecule has 0 amide bonds. The summed E-state index contributed by atoms with van der Waals surface area (Å²) in [5.41, 5.74) is 2.73. The lowest BCUT2D eigenvalue weighted by Gasteiger charge is -2.25. The Labute approximate surface area is 82.8 Å². The summed E-state index contributed by atoms with van der Waals surface area (Å²) in [7, 11) is 0. The number of rotatable bonds is 0. The molecule has 14 heavy (non-hydrogen) atoms. The molecule has 2 saturated heterocycles. The Bertz CT molecular complexity index is 401. The lowest BCUT2D eigenvalue weighted by Crippen LogP contribution is -2.32. The highest BCUT2D eigenvalue weighted by Gasteiger charge is 2.59. The number of hydrogen-bond donors (Lipinski definition) is 0. The first-order valence-corrected chi connectivity index (χ1v) is 5.30. The molecule has 3 aliphatic rings. The van der Waals surface area contributed by atoms with E-state index in [2.05, 4.69) is 24.3 Å². The van der Waals surface area contributed by atoms with Crippen molar-refractivity contribution in [3.63, 3.8) is 0 Å². The molecule has 4 rings (SSSR count). The van der Waals surface area contributed by atoms with Crippen molar-refractivity contribution in [2.45, 2.75) is 37.3 Å². The molecule has 0 radical (unpaired) electrons. The molecule has 2 aliphatic heterocycles. The van der Waals surface area contributed by atoms with E-state index in [0.717, 1.165) is 19.3 Å². The lowest BCUT2D eigenvalue weighted by atomic mass is 9.90. The zero-order valence-electron chi connectivity index (χ0n) is 7.90. The van der Waals surface area contributed by atoms with Crippen LogP contribution in [0.15, 0.2) is 24.3 Å². The summed E-state index contributed by atoms with van der Waals surface area (Å²) in [5, 5.41) is 0. The third-order valence-corrected chi connectivity index (χ3v) is 3.81. The van der Waals surface area contributed by atoms with Gasteiger partial charge in [-0.15, -0.1) is 0 Å². The van der Waals surface area contributed by atoms with E-state index in [9.17, 15) is 0 Å². The van der Waals surface area contributed by atoms with Crippen molar-refractivity contribution in [2.75, 3.05) is 0 Å². The summed E-state index contributed by atoms with van der Waals surface area (Å²) in [6.07, 6.45) is 3.60. The highest BCUT2D eigenvalue weighted by Crippen LogP contribution is 2.55. The van der Waals surface area contributed by atoms with Crippen LogP contribution in [0, 0.1) is 0 Å². The van der Waals surface area contributed by atoms with E-state index in [1.54, 1.807) is 0 Å². The predicted octanol–water partition coefficient (Wildman–Crippen LogP) is 1.97. The van der Waals surface area contributed by atoms with Gasteiger partial charge in [0.05, 0.1) is 6.10 Å². The second kappa shape index (κ2) is 2.20. The summed E-state index contributed by atoms with van der Waals surface area (Å²) in [4.78, 5) is 0. The van der Waals surface area contributed by atoms with E-state index in [1.807, 2.05) is 0 Å². The van der Waals surface area contributed by atoms with Crippen molar-refractivity contribution < 1.29 is 9.47 Å². The minimum Gasteiger partial charge on any atom is -0.346 e. The molecular weight excluding hydrogens is 176 g/mol. The minimum atomic E-state index is -0.0682. The number of benzene rings is 1. The van der Waals surface area contributed by atoms with Crippen LogP contribution >= 0.6 is 0 Å². The first-order valence-electron chi connectivity index (χ1n) is 5.30. The zero-order chi connectivity index (χ0) is 9.17. The molecule has 0 aromatic heterocycles. The predicted molar refractivity (Wildman–Crippen MR) is 50.8 cm³/mol. The van der Waals surface area contributed by atoms with Gasteiger partial charge in [-0.05, 0) is 17.5 Å². The zero-order valence-corrected chi connectivity index (χ0v) is 7.90. The molecule has 1 spiro atoms. The Kier molecular flexibility index (Phi) is 1.17. The number of ether oxygens (including phenoxy) is 2. The van der Waals surface area contributed by atoms with Gasteiger partial charge in [-0.25, -0.2) is 0 Å². The highest BCUT2D eigenvalue weighted by atomic mass is 16.7. The molecule has 0 N–H and O–H groups in total. The largest absolute Gasteiger partial charge is 0.346 e. The third kappa shape index (κ3) is 0.677. The topological polar surface area (TPSA) is 18.5 Å². The fourth-order valence-electron chi connectivity index (χ4n) is 3.21. The highest BCUT2D eigenvalue weighted by molar-refractivity contribution is 5.41. The minimum absolute atomic E-state index is 0.0682. The summed E-state index contributed by atoms with van der Waals surface area (Å²) >= 11 is 0. The Morgan fingerprint density at radius 1 is 1.29 bits per heavy atom. The van der Waals surface area contributed by atoms with Gasteiger partial charge in [-0.3, -0.25) is 0 Å². The van der Waals surface area contributed by atoms with Crippen molar-refractivity contribution in [3.05, 3.63) is 35.4 Å². The summed E-state index contributed by atoms with van der Waals surface area (Å²) in [6.45, 7) is 0. The van der Waals surface area contributed by atoms with Gasteiger partial charge in [0.1, 0.15) is 5.60 Å². The molecule has 0 saturated carbocycles. The molecule has 1 aromatic carbocycles. The van der Waals surface area contributed by atoms with E-state index in [0.29, 0.717) is 6.10 Å². The average molecular weight is 188 g/mol. The van der Waals surface area contributed by atoms with Gasteiger partial charge < -0.3 is 9.47 Å². The van der Waals surface area contributed by atoms with Crippen molar-refractivity contribution in [1.82, 2.24) is 0 Å². The quantitative estimate of drug-likeness (QED) is 0.619. The van der Waals surface area contributed by atoms with Gasteiger partial charge in [0.15, 0.2) is 6.29 Å². The Morgan fingerprint density at radius 2 is 2.21 bits per heavy atom.